The van der Waals surface area contributed by atoms with Gasteiger partial charge in [0.15, 0.2) is 0 Å². The Kier molecular flexibility index (Phi) is 12.6. The lowest BCUT2D eigenvalue weighted by Crippen LogP contribution is -2.25. The van der Waals surface area contributed by atoms with E-state index in [4.69, 9.17) is 0 Å². The molecule has 0 aliphatic heterocycles. The van der Waals surface area contributed by atoms with Gasteiger partial charge in [0.2, 0.25) is 0 Å². The molecule has 0 saturated heterocycles. The van der Waals surface area contributed by atoms with Gasteiger partial charge in [-0.1, -0.05) is 182 Å². The van der Waals surface area contributed by atoms with Gasteiger partial charge >= 0.3 is 0 Å². The number of hydrogen-bond acceptors (Lipinski definition) is 0. The monoisotopic (exact) mass is 1060 g/mol. The van der Waals surface area contributed by atoms with Crippen LogP contribution in [-0.2, 0) is 16.2 Å². The molecular formula is C63H63Br3. The predicted molar refractivity (Wildman–Crippen MR) is 294 cm³/mol. The van der Waals surface area contributed by atoms with Gasteiger partial charge in [0.05, 0.1) is 0 Å². The summed E-state index contributed by atoms with van der Waals surface area (Å²) in [7, 11) is 0. The molecular weight excluding hydrogens is 996 g/mol. The fraction of sp³-hybridized carbons (Fsp3) is 0.333. The van der Waals surface area contributed by atoms with Gasteiger partial charge in [-0.05, 0) is 211 Å². The maximum absolute atomic E-state index is 3.88. The van der Waals surface area contributed by atoms with Crippen LogP contribution in [0.1, 0.15) is 152 Å². The molecule has 3 aliphatic carbocycles. The fourth-order valence-electron chi connectivity index (χ4n) is 13.6. The van der Waals surface area contributed by atoms with E-state index in [1.54, 1.807) is 0 Å². The van der Waals surface area contributed by atoms with Crippen LogP contribution in [0.4, 0.5) is 0 Å². The topological polar surface area (TPSA) is 0 Å². The second-order valence-electron chi connectivity index (χ2n) is 19.9. The minimum Gasteiger partial charge on any atom is -0.0653 e. The molecule has 66 heavy (non-hydrogen) atoms. The first-order chi connectivity index (χ1) is 32.1. The van der Waals surface area contributed by atoms with Crippen molar-refractivity contribution < 1.29 is 0 Å². The molecule has 336 valence electrons. The van der Waals surface area contributed by atoms with E-state index in [0.29, 0.717) is 0 Å². The van der Waals surface area contributed by atoms with Crippen molar-refractivity contribution in [3.8, 4) is 66.8 Å². The highest BCUT2D eigenvalue weighted by molar-refractivity contribution is 9.11. The quantitative estimate of drug-likeness (QED) is 0.0960. The van der Waals surface area contributed by atoms with Gasteiger partial charge in [-0.25, -0.2) is 0 Å². The Hall–Kier alpha value is -4.02. The minimum atomic E-state index is -0.00780. The third kappa shape index (κ3) is 7.22. The van der Waals surface area contributed by atoms with Gasteiger partial charge < -0.3 is 0 Å². The number of halogens is 3. The first-order valence-corrected chi connectivity index (χ1v) is 27.5. The smallest absolute Gasteiger partial charge is 0.0215 e. The van der Waals surface area contributed by atoms with Crippen LogP contribution >= 0.6 is 47.8 Å². The third-order valence-electron chi connectivity index (χ3n) is 16.0. The first kappa shape index (κ1) is 45.7. The van der Waals surface area contributed by atoms with E-state index in [1.165, 1.54) is 114 Å². The van der Waals surface area contributed by atoms with Crippen LogP contribution in [0.15, 0.2) is 141 Å². The van der Waals surface area contributed by atoms with Crippen molar-refractivity contribution in [3.63, 3.8) is 0 Å². The van der Waals surface area contributed by atoms with Crippen molar-refractivity contribution in [3.05, 3.63) is 174 Å². The van der Waals surface area contributed by atoms with Crippen molar-refractivity contribution in [2.24, 2.45) is 0 Å². The molecule has 0 amide bonds. The highest BCUT2D eigenvalue weighted by Crippen LogP contribution is 2.58. The molecule has 0 heterocycles. The highest BCUT2D eigenvalue weighted by Gasteiger charge is 2.45. The van der Waals surface area contributed by atoms with Crippen LogP contribution in [0, 0.1) is 0 Å². The molecule has 0 spiro atoms. The average Bonchev–Trinajstić information content (AvgIpc) is 3.84. The van der Waals surface area contributed by atoms with Crippen LogP contribution in [0.3, 0.4) is 0 Å². The summed E-state index contributed by atoms with van der Waals surface area (Å²) in [4.78, 5) is 0. The van der Waals surface area contributed by atoms with Gasteiger partial charge in [0, 0.05) is 29.7 Å². The van der Waals surface area contributed by atoms with Crippen molar-refractivity contribution in [1.29, 1.82) is 0 Å². The summed E-state index contributed by atoms with van der Waals surface area (Å²) in [5, 5.41) is 0. The van der Waals surface area contributed by atoms with Gasteiger partial charge in [-0.15, -0.1) is 0 Å². The average molecular weight is 1060 g/mol. The molecule has 0 fully saturated rings. The van der Waals surface area contributed by atoms with E-state index in [2.05, 4.69) is 217 Å². The second-order valence-corrected chi connectivity index (χ2v) is 22.6. The SMILES string of the molecule is CCCC1(CCC)c2cc(Br)ccc2-c2ccc(-c3cc(-c4ccc5c(c4)C(CCC)(CCC)c4cc(Br)ccc4-5)cc(-c4ccc5c(c4)C(CCC)(CCC)c4cc(Br)ccc4-5)c3)cc21. The Morgan fingerprint density at radius 3 is 0.697 bits per heavy atom. The lowest BCUT2D eigenvalue weighted by molar-refractivity contribution is 0.436. The minimum absolute atomic E-state index is 0.00780. The number of fused-ring (bicyclic) bond motifs is 9. The third-order valence-corrected chi connectivity index (χ3v) is 17.4. The summed E-state index contributed by atoms with van der Waals surface area (Å²) >= 11 is 11.6. The van der Waals surface area contributed by atoms with Crippen molar-refractivity contribution in [1.82, 2.24) is 0 Å². The van der Waals surface area contributed by atoms with E-state index in [1.807, 2.05) is 0 Å². The fourth-order valence-corrected chi connectivity index (χ4v) is 14.7. The zero-order valence-corrected chi connectivity index (χ0v) is 44.5. The van der Waals surface area contributed by atoms with E-state index in [0.717, 1.165) is 77.0 Å². The van der Waals surface area contributed by atoms with Crippen LogP contribution in [0.25, 0.3) is 66.8 Å². The van der Waals surface area contributed by atoms with E-state index in [-0.39, 0.29) is 16.2 Å². The van der Waals surface area contributed by atoms with Gasteiger partial charge in [0.1, 0.15) is 0 Å². The molecule has 0 unspecified atom stereocenters. The number of rotatable bonds is 15. The molecule has 3 aliphatic rings. The molecule has 0 atom stereocenters. The molecule has 0 N–H and O–H groups in total. The van der Waals surface area contributed by atoms with Gasteiger partial charge in [0.25, 0.3) is 0 Å². The van der Waals surface area contributed by atoms with Crippen molar-refractivity contribution >= 4 is 47.8 Å². The van der Waals surface area contributed by atoms with E-state index < -0.39 is 0 Å². The van der Waals surface area contributed by atoms with E-state index >= 15 is 0 Å². The predicted octanol–water partition coefficient (Wildman–Crippen LogP) is 20.6. The normalized spacial score (nSPS) is 15.2. The van der Waals surface area contributed by atoms with Crippen LogP contribution < -0.4 is 0 Å². The molecule has 7 aromatic rings. The second kappa shape index (κ2) is 18.1. The Morgan fingerprint density at radius 1 is 0.258 bits per heavy atom. The molecule has 0 bridgehead atoms. The maximum Gasteiger partial charge on any atom is 0.0215 e. The lowest BCUT2D eigenvalue weighted by Gasteiger charge is -2.32. The molecule has 10 rings (SSSR count). The Bertz CT molecular complexity index is 2650. The molecule has 7 aromatic carbocycles. The zero-order valence-electron chi connectivity index (χ0n) is 39.7. The van der Waals surface area contributed by atoms with Gasteiger partial charge in [-0.2, -0.15) is 0 Å². The first-order valence-electron chi connectivity index (χ1n) is 25.1. The van der Waals surface area contributed by atoms with Crippen molar-refractivity contribution in [2.75, 3.05) is 0 Å². The Balaban J connectivity index is 1.20. The summed E-state index contributed by atoms with van der Waals surface area (Å²) in [5.74, 6) is 0. The Morgan fingerprint density at radius 2 is 0.470 bits per heavy atom. The standard InChI is InChI=1S/C63H63Br3/c1-7-25-61(26-8-2)55-34-40(13-19-49(55)52-22-16-46(64)37-58(52)61)43-31-44(41-14-20-50-53-23-17-47(65)38-59(53)62(27-9-3,28-10-4)56(50)35-41)33-45(32-43)42-15-21-51-54-24-18-48(66)39-60(54)63(29-11-5,30-12-6)57(51)36-42/h13-24,31-39H,7-12,25-30H2,1-6H3. The molecule has 0 radical (unpaired) electrons. The van der Waals surface area contributed by atoms with E-state index in [9.17, 15) is 0 Å². The maximum atomic E-state index is 3.88. The largest absolute Gasteiger partial charge is 0.0653 e. The number of hydrogen-bond donors (Lipinski definition) is 0. The summed E-state index contributed by atoms with van der Waals surface area (Å²) in [5.41, 5.74) is 25.1. The summed E-state index contributed by atoms with van der Waals surface area (Å²) in [6, 6.07) is 50.9. The lowest BCUT2D eigenvalue weighted by atomic mass is 9.71. The number of benzene rings is 7. The highest BCUT2D eigenvalue weighted by atomic mass is 79.9. The molecule has 0 aromatic heterocycles. The van der Waals surface area contributed by atoms with Gasteiger partial charge in [-0.3, -0.25) is 0 Å². The van der Waals surface area contributed by atoms with Crippen LogP contribution in [0.5, 0.6) is 0 Å². The molecule has 0 saturated carbocycles. The van der Waals surface area contributed by atoms with Crippen LogP contribution in [-0.4, -0.2) is 0 Å². The molecule has 3 heteroatoms. The molecule has 0 nitrogen and oxygen atoms in total. The Labute approximate surface area is 420 Å². The van der Waals surface area contributed by atoms with Crippen molar-refractivity contribution in [2.45, 2.75) is 135 Å². The summed E-state index contributed by atoms with van der Waals surface area (Å²) in [6.45, 7) is 14.2. The van der Waals surface area contributed by atoms with Crippen LogP contribution in [0.2, 0.25) is 0 Å². The zero-order chi connectivity index (χ0) is 46.0. The summed E-state index contributed by atoms with van der Waals surface area (Å²) in [6.07, 6.45) is 13.7. The summed E-state index contributed by atoms with van der Waals surface area (Å²) < 4.78 is 3.51.